The number of anilines is 3. The molecule has 0 aliphatic carbocycles. The first-order valence-electron chi connectivity index (χ1n) is 13.3. The monoisotopic (exact) mass is 595 g/mol. The first-order chi connectivity index (χ1) is 20.2. The molecule has 2 aromatic carbocycles. The lowest BCUT2D eigenvalue weighted by Gasteiger charge is -2.22. The van der Waals surface area contributed by atoms with Crippen LogP contribution in [-0.4, -0.2) is 38.8 Å². The Hall–Kier alpha value is -4.58. The minimum atomic E-state index is -1.26. The van der Waals surface area contributed by atoms with Crippen molar-refractivity contribution in [3.8, 4) is 16.8 Å². The maximum atomic E-state index is 14.7. The molecule has 2 aromatic heterocycles. The molecule has 0 spiro atoms. The zero-order valence-electron chi connectivity index (χ0n) is 22.8. The summed E-state index contributed by atoms with van der Waals surface area (Å²) in [4.78, 5) is 29.5. The van der Waals surface area contributed by atoms with E-state index in [1.165, 1.54) is 10.7 Å². The summed E-state index contributed by atoms with van der Waals surface area (Å²) in [6, 6.07) is 13.1. The second-order valence-electron chi connectivity index (χ2n) is 9.92. The van der Waals surface area contributed by atoms with E-state index in [0.29, 0.717) is 47.7 Å². The van der Waals surface area contributed by atoms with Gasteiger partial charge in [-0.2, -0.15) is 0 Å². The molecular formula is C29H28ClF2N7O3. The van der Waals surface area contributed by atoms with Crippen LogP contribution >= 0.6 is 11.6 Å². The van der Waals surface area contributed by atoms with Crippen molar-refractivity contribution in [3.63, 3.8) is 0 Å². The lowest BCUT2D eigenvalue weighted by Crippen LogP contribution is -2.22. The van der Waals surface area contributed by atoms with Gasteiger partial charge in [0.05, 0.1) is 28.1 Å². The average Bonchev–Trinajstić information content (AvgIpc) is 3.33. The second-order valence-corrected chi connectivity index (χ2v) is 10.3. The number of carbonyl (C=O) groups excluding carboxylic acids is 2. The Kier molecular flexibility index (Phi) is 8.62. The molecule has 10 nitrogen and oxygen atoms in total. The van der Waals surface area contributed by atoms with Crippen molar-refractivity contribution < 1.29 is 23.1 Å². The molecule has 4 aromatic rings. The third kappa shape index (κ3) is 6.18. The fraction of sp³-hybridized carbons (Fsp3) is 0.276. The molecule has 3 N–H and O–H groups in total. The third-order valence-corrected chi connectivity index (χ3v) is 7.39. The molecular weight excluding hydrogens is 568 g/mol. The van der Waals surface area contributed by atoms with Crippen LogP contribution < -0.4 is 16.0 Å². The molecule has 13 heteroatoms. The summed E-state index contributed by atoms with van der Waals surface area (Å²) in [6.45, 7) is 2.36. The highest BCUT2D eigenvalue weighted by atomic mass is 35.5. The molecule has 0 radical (unpaired) electrons. The van der Waals surface area contributed by atoms with Crippen LogP contribution in [0.15, 0.2) is 54.7 Å². The number of amides is 2. The number of carbonyl (C=O) groups is 2. The molecule has 42 heavy (non-hydrogen) atoms. The number of hydrogen-bond donors (Lipinski definition) is 3. The van der Waals surface area contributed by atoms with Crippen LogP contribution in [0.5, 0.6) is 0 Å². The Bertz CT molecular complexity index is 1630. The van der Waals surface area contributed by atoms with Crippen molar-refractivity contribution in [1.29, 1.82) is 0 Å². The fourth-order valence-corrected chi connectivity index (χ4v) is 4.98. The number of nitrogens with zero attached hydrogens (tertiary/aromatic N) is 4. The van der Waals surface area contributed by atoms with Gasteiger partial charge in [0.25, 0.3) is 0 Å². The van der Waals surface area contributed by atoms with Crippen molar-refractivity contribution in [2.75, 3.05) is 22.8 Å². The number of pyridine rings is 1. The minimum Gasteiger partial charge on any atom is -0.417 e. The maximum absolute atomic E-state index is 14.7. The van der Waals surface area contributed by atoms with Crippen LogP contribution in [0.4, 0.5) is 30.8 Å². The highest BCUT2D eigenvalue weighted by Crippen LogP contribution is 2.35. The number of fused-ring (bicyclic) bond motifs is 4. The standard InChI is InChI=1S/C29H28ClF2N7O3/c1-16-5-3-7-22(35-27-17(2)39(38-37-27)25-8-4-6-21(30)26(25)32)24-13-18(11-12-33-24)20-10-9-19(34-29(41)42-15-31)14-23(20)36-28(16)40/h4,6,8-14,16,22,35H,3,5,7,15H2,1-2H3,(H,34,41)(H,36,40)/t16-,22+/m1/s1. The molecule has 218 valence electrons. The molecule has 2 atom stereocenters. The molecule has 0 saturated heterocycles. The van der Waals surface area contributed by atoms with Crippen LogP contribution in [0.1, 0.15) is 43.6 Å². The van der Waals surface area contributed by atoms with Gasteiger partial charge in [-0.3, -0.25) is 15.1 Å². The van der Waals surface area contributed by atoms with Crippen molar-refractivity contribution in [2.45, 2.75) is 39.2 Å². The number of alkyl halides is 1. The van der Waals surface area contributed by atoms with Gasteiger partial charge >= 0.3 is 6.09 Å². The van der Waals surface area contributed by atoms with Gasteiger partial charge in [0.1, 0.15) is 5.69 Å². The van der Waals surface area contributed by atoms with Crippen LogP contribution in [0.3, 0.4) is 0 Å². The molecule has 2 bridgehead atoms. The van der Waals surface area contributed by atoms with Gasteiger partial charge in [0.2, 0.25) is 12.8 Å². The van der Waals surface area contributed by atoms with E-state index in [0.717, 1.165) is 11.3 Å². The Labute approximate surface area is 245 Å². The highest BCUT2D eigenvalue weighted by Gasteiger charge is 2.23. The molecule has 2 amide bonds. The van der Waals surface area contributed by atoms with Gasteiger partial charge in [-0.05, 0) is 61.7 Å². The van der Waals surface area contributed by atoms with Gasteiger partial charge in [0.15, 0.2) is 11.6 Å². The SMILES string of the molecule is Cc1c(N[C@H]2CCC[C@@H](C)C(=O)Nc3cc(NC(=O)OCF)ccc3-c3ccnc2c3)nnn1-c1cccc(Cl)c1F. The summed E-state index contributed by atoms with van der Waals surface area (Å²) in [7, 11) is 0. The molecule has 1 aliphatic rings. The smallest absolute Gasteiger partial charge is 0.413 e. The lowest BCUT2D eigenvalue weighted by molar-refractivity contribution is -0.119. The number of benzene rings is 2. The predicted molar refractivity (Wildman–Crippen MR) is 155 cm³/mol. The lowest BCUT2D eigenvalue weighted by atomic mass is 9.95. The number of halogens is 3. The minimum absolute atomic E-state index is 0.0155. The second kappa shape index (κ2) is 12.5. The van der Waals surface area contributed by atoms with Gasteiger partial charge in [-0.15, -0.1) is 5.10 Å². The molecule has 0 fully saturated rings. The molecule has 5 rings (SSSR count). The van der Waals surface area contributed by atoms with E-state index in [4.69, 9.17) is 11.6 Å². The summed E-state index contributed by atoms with van der Waals surface area (Å²) in [5, 5.41) is 17.2. The molecule has 0 unspecified atom stereocenters. The van der Waals surface area contributed by atoms with E-state index >= 15 is 0 Å². The summed E-state index contributed by atoms with van der Waals surface area (Å²) in [5.74, 6) is -0.629. The Morgan fingerprint density at radius 1 is 1.21 bits per heavy atom. The summed E-state index contributed by atoms with van der Waals surface area (Å²) >= 11 is 5.98. The Balaban J connectivity index is 1.50. The quantitative estimate of drug-likeness (QED) is 0.231. The van der Waals surface area contributed by atoms with E-state index < -0.39 is 18.8 Å². The average molecular weight is 596 g/mol. The van der Waals surface area contributed by atoms with Crippen LogP contribution in [0.2, 0.25) is 5.02 Å². The normalized spacial score (nSPS) is 16.8. The van der Waals surface area contributed by atoms with Crippen LogP contribution in [0, 0.1) is 18.7 Å². The van der Waals surface area contributed by atoms with E-state index in [1.807, 2.05) is 19.1 Å². The first-order valence-corrected chi connectivity index (χ1v) is 13.7. The number of nitrogens with one attached hydrogen (secondary N) is 3. The van der Waals surface area contributed by atoms with Crippen molar-refractivity contribution in [1.82, 2.24) is 20.0 Å². The zero-order chi connectivity index (χ0) is 29.8. The van der Waals surface area contributed by atoms with Crippen LogP contribution in [0.25, 0.3) is 16.8 Å². The molecule has 1 aliphatic heterocycles. The van der Waals surface area contributed by atoms with Gasteiger partial charge in [-0.1, -0.05) is 42.3 Å². The first kappa shape index (κ1) is 28.9. The number of hydrogen-bond acceptors (Lipinski definition) is 7. The maximum Gasteiger partial charge on any atom is 0.413 e. The predicted octanol–water partition coefficient (Wildman–Crippen LogP) is 6.82. The zero-order valence-corrected chi connectivity index (χ0v) is 23.6. The van der Waals surface area contributed by atoms with Gasteiger partial charge in [0, 0.05) is 23.4 Å². The number of rotatable bonds is 5. The van der Waals surface area contributed by atoms with Crippen molar-refractivity contribution in [2.24, 2.45) is 5.92 Å². The molecule has 3 heterocycles. The largest absolute Gasteiger partial charge is 0.417 e. The third-order valence-electron chi connectivity index (χ3n) is 7.10. The van der Waals surface area contributed by atoms with E-state index in [-0.39, 0.29) is 28.6 Å². The topological polar surface area (TPSA) is 123 Å². The number of aromatic nitrogens is 4. The summed E-state index contributed by atoms with van der Waals surface area (Å²) in [5.41, 5.74) is 3.77. The van der Waals surface area contributed by atoms with Crippen molar-refractivity contribution in [3.05, 3.63) is 77.0 Å². The van der Waals surface area contributed by atoms with Gasteiger partial charge < -0.3 is 15.4 Å². The van der Waals surface area contributed by atoms with E-state index in [2.05, 4.69) is 36.0 Å². The summed E-state index contributed by atoms with van der Waals surface area (Å²) < 4.78 is 32.8. The Morgan fingerprint density at radius 3 is 2.86 bits per heavy atom. The van der Waals surface area contributed by atoms with E-state index in [1.54, 1.807) is 43.5 Å². The van der Waals surface area contributed by atoms with E-state index in [9.17, 15) is 18.4 Å². The number of ether oxygens (including phenoxy) is 1. The summed E-state index contributed by atoms with van der Waals surface area (Å²) in [6.07, 6.45) is 2.65. The highest BCUT2D eigenvalue weighted by molar-refractivity contribution is 6.30. The van der Waals surface area contributed by atoms with Gasteiger partial charge in [-0.25, -0.2) is 18.3 Å². The van der Waals surface area contributed by atoms with Crippen LogP contribution in [-0.2, 0) is 9.53 Å². The molecule has 0 saturated carbocycles. The Morgan fingerprint density at radius 2 is 2.05 bits per heavy atom. The fourth-order valence-electron chi connectivity index (χ4n) is 4.81. The van der Waals surface area contributed by atoms with Crippen molar-refractivity contribution >= 4 is 40.8 Å².